The Labute approximate surface area is 152 Å². The number of anilines is 1. The van der Waals surface area contributed by atoms with Crippen molar-refractivity contribution in [2.24, 2.45) is 0 Å². The first-order valence-electron chi connectivity index (χ1n) is 8.11. The van der Waals surface area contributed by atoms with E-state index in [1.807, 2.05) is 11.8 Å². The molecule has 0 radical (unpaired) electrons. The van der Waals surface area contributed by atoms with Crippen LogP contribution in [0.5, 0.6) is 0 Å². The molecule has 25 heavy (non-hydrogen) atoms. The van der Waals surface area contributed by atoms with Crippen molar-refractivity contribution < 1.29 is 13.2 Å². The van der Waals surface area contributed by atoms with Crippen LogP contribution in [0, 0.1) is 0 Å². The third-order valence-electron chi connectivity index (χ3n) is 4.01. The van der Waals surface area contributed by atoms with E-state index in [0.29, 0.717) is 11.3 Å². The van der Waals surface area contributed by atoms with Gasteiger partial charge in [0.25, 0.3) is 15.9 Å². The van der Waals surface area contributed by atoms with Crippen molar-refractivity contribution >= 4 is 33.4 Å². The fourth-order valence-electron chi connectivity index (χ4n) is 2.61. The number of carbonyl (C=O) groups excluding carboxylic acids is 1. The number of carbonyl (C=O) groups is 1. The second kappa shape index (κ2) is 7.93. The summed E-state index contributed by atoms with van der Waals surface area (Å²) in [7, 11) is -3.62. The van der Waals surface area contributed by atoms with Crippen LogP contribution in [-0.4, -0.2) is 31.9 Å². The van der Waals surface area contributed by atoms with Gasteiger partial charge in [-0.15, -0.1) is 0 Å². The number of sulfonamides is 1. The Morgan fingerprint density at radius 1 is 0.960 bits per heavy atom. The minimum atomic E-state index is -3.62. The van der Waals surface area contributed by atoms with Crippen molar-refractivity contribution in [3.8, 4) is 0 Å². The predicted molar refractivity (Wildman–Crippen MR) is 102 cm³/mol. The largest absolute Gasteiger partial charge is 0.349 e. The molecule has 0 atom stereocenters. The highest BCUT2D eigenvalue weighted by Gasteiger charge is 2.17. The molecule has 1 amide bonds. The molecule has 2 N–H and O–H groups in total. The van der Waals surface area contributed by atoms with Crippen molar-refractivity contribution in [1.29, 1.82) is 0 Å². The summed E-state index contributed by atoms with van der Waals surface area (Å²) >= 11 is 1.91. The lowest BCUT2D eigenvalue weighted by Gasteiger charge is -2.22. The van der Waals surface area contributed by atoms with Crippen LogP contribution in [0.1, 0.15) is 23.2 Å². The number of rotatable bonds is 5. The summed E-state index contributed by atoms with van der Waals surface area (Å²) in [6.45, 7) is 0. The molecule has 7 heteroatoms. The molecule has 2 aromatic rings. The summed E-state index contributed by atoms with van der Waals surface area (Å²) in [5.74, 6) is 2.03. The summed E-state index contributed by atoms with van der Waals surface area (Å²) in [6.07, 6.45) is 1.98. The highest BCUT2D eigenvalue weighted by Crippen LogP contribution is 2.19. The fourth-order valence-corrected chi connectivity index (χ4v) is 4.80. The van der Waals surface area contributed by atoms with E-state index in [-0.39, 0.29) is 16.8 Å². The average molecular weight is 377 g/mol. The van der Waals surface area contributed by atoms with E-state index >= 15 is 0 Å². The Balaban J connectivity index is 1.65. The van der Waals surface area contributed by atoms with Crippen molar-refractivity contribution in [2.75, 3.05) is 16.2 Å². The molecule has 132 valence electrons. The number of hydrogen-bond donors (Lipinski definition) is 2. The van der Waals surface area contributed by atoms with Crippen LogP contribution in [-0.2, 0) is 10.0 Å². The Bertz CT molecular complexity index is 815. The van der Waals surface area contributed by atoms with Crippen molar-refractivity contribution in [3.05, 3.63) is 60.2 Å². The van der Waals surface area contributed by atoms with E-state index in [2.05, 4.69) is 10.0 Å². The molecule has 0 saturated carbocycles. The Hall–Kier alpha value is -1.99. The second-order valence-corrected chi connectivity index (χ2v) is 8.76. The zero-order chi connectivity index (χ0) is 17.7. The monoisotopic (exact) mass is 376 g/mol. The zero-order valence-electron chi connectivity index (χ0n) is 13.6. The summed E-state index contributed by atoms with van der Waals surface area (Å²) < 4.78 is 27.1. The molecule has 0 aromatic heterocycles. The summed E-state index contributed by atoms with van der Waals surface area (Å²) in [4.78, 5) is 12.5. The molecule has 1 aliphatic rings. The van der Waals surface area contributed by atoms with Gasteiger partial charge in [0, 0.05) is 17.3 Å². The van der Waals surface area contributed by atoms with Crippen LogP contribution in [0.25, 0.3) is 0 Å². The lowest BCUT2D eigenvalue weighted by molar-refractivity contribution is 0.0935. The molecule has 1 saturated heterocycles. The van der Waals surface area contributed by atoms with Gasteiger partial charge in [-0.3, -0.25) is 9.52 Å². The SMILES string of the molecule is O=C(NC1CCSCC1)c1ccc(NS(=O)(=O)c2ccccc2)cc1. The van der Waals surface area contributed by atoms with Gasteiger partial charge in [0.2, 0.25) is 0 Å². The van der Waals surface area contributed by atoms with Gasteiger partial charge in [0.1, 0.15) is 0 Å². The van der Waals surface area contributed by atoms with Gasteiger partial charge in [0.05, 0.1) is 4.90 Å². The molecule has 3 rings (SSSR count). The Morgan fingerprint density at radius 3 is 2.24 bits per heavy atom. The topological polar surface area (TPSA) is 75.3 Å². The summed E-state index contributed by atoms with van der Waals surface area (Å²) in [6, 6.07) is 14.9. The minimum absolute atomic E-state index is 0.116. The van der Waals surface area contributed by atoms with Gasteiger partial charge in [0.15, 0.2) is 0 Å². The first-order valence-corrected chi connectivity index (χ1v) is 10.7. The van der Waals surface area contributed by atoms with Gasteiger partial charge < -0.3 is 5.32 Å². The molecular weight excluding hydrogens is 356 g/mol. The van der Waals surface area contributed by atoms with Gasteiger partial charge in [-0.25, -0.2) is 8.42 Å². The third kappa shape index (κ3) is 4.76. The van der Waals surface area contributed by atoms with E-state index in [0.717, 1.165) is 24.3 Å². The smallest absolute Gasteiger partial charge is 0.261 e. The quantitative estimate of drug-likeness (QED) is 0.841. The average Bonchev–Trinajstić information content (AvgIpc) is 2.63. The van der Waals surface area contributed by atoms with E-state index in [1.165, 1.54) is 12.1 Å². The highest BCUT2D eigenvalue weighted by atomic mass is 32.2. The highest BCUT2D eigenvalue weighted by molar-refractivity contribution is 7.99. The maximum atomic E-state index is 12.3. The van der Waals surface area contributed by atoms with E-state index in [4.69, 9.17) is 0 Å². The minimum Gasteiger partial charge on any atom is -0.349 e. The number of hydrogen-bond acceptors (Lipinski definition) is 4. The molecule has 0 spiro atoms. The summed E-state index contributed by atoms with van der Waals surface area (Å²) in [5.41, 5.74) is 0.954. The molecule has 1 aliphatic heterocycles. The molecule has 1 fully saturated rings. The van der Waals surface area contributed by atoms with Crippen LogP contribution in [0.15, 0.2) is 59.5 Å². The lowest BCUT2D eigenvalue weighted by Crippen LogP contribution is -2.37. The number of benzene rings is 2. The van der Waals surface area contributed by atoms with E-state index < -0.39 is 10.0 Å². The van der Waals surface area contributed by atoms with Crippen molar-refractivity contribution in [2.45, 2.75) is 23.8 Å². The first-order chi connectivity index (χ1) is 12.0. The fraction of sp³-hybridized carbons (Fsp3) is 0.278. The van der Waals surface area contributed by atoms with Gasteiger partial charge in [-0.1, -0.05) is 18.2 Å². The van der Waals surface area contributed by atoms with Gasteiger partial charge >= 0.3 is 0 Å². The molecular formula is C18H20N2O3S2. The molecule has 0 bridgehead atoms. The van der Waals surface area contributed by atoms with Crippen LogP contribution in [0.2, 0.25) is 0 Å². The standard InChI is InChI=1S/C18H20N2O3S2/c21-18(19-15-10-12-24-13-11-15)14-6-8-16(9-7-14)20-25(22,23)17-4-2-1-3-5-17/h1-9,15,20H,10-13H2,(H,19,21). The third-order valence-corrected chi connectivity index (χ3v) is 6.46. The van der Waals surface area contributed by atoms with Gasteiger partial charge in [-0.2, -0.15) is 11.8 Å². The molecule has 5 nitrogen and oxygen atoms in total. The predicted octanol–water partition coefficient (Wildman–Crippen LogP) is 3.11. The first kappa shape index (κ1) is 17.8. The maximum absolute atomic E-state index is 12.3. The Kier molecular flexibility index (Phi) is 5.65. The number of amides is 1. The molecule has 2 aromatic carbocycles. The number of nitrogens with one attached hydrogen (secondary N) is 2. The maximum Gasteiger partial charge on any atom is 0.261 e. The molecule has 0 aliphatic carbocycles. The van der Waals surface area contributed by atoms with E-state index in [1.54, 1.807) is 42.5 Å². The van der Waals surface area contributed by atoms with Gasteiger partial charge in [-0.05, 0) is 60.7 Å². The van der Waals surface area contributed by atoms with E-state index in [9.17, 15) is 13.2 Å². The van der Waals surface area contributed by atoms with Crippen LogP contribution < -0.4 is 10.0 Å². The second-order valence-electron chi connectivity index (χ2n) is 5.86. The zero-order valence-corrected chi connectivity index (χ0v) is 15.3. The van der Waals surface area contributed by atoms with Crippen LogP contribution >= 0.6 is 11.8 Å². The normalized spacial score (nSPS) is 15.5. The number of thioether (sulfide) groups is 1. The molecule has 0 unspecified atom stereocenters. The Morgan fingerprint density at radius 2 is 1.60 bits per heavy atom. The summed E-state index contributed by atoms with van der Waals surface area (Å²) in [5, 5.41) is 3.04. The van der Waals surface area contributed by atoms with Crippen LogP contribution in [0.3, 0.4) is 0 Å². The van der Waals surface area contributed by atoms with Crippen molar-refractivity contribution in [1.82, 2.24) is 5.32 Å². The van der Waals surface area contributed by atoms with Crippen molar-refractivity contribution in [3.63, 3.8) is 0 Å². The molecule has 1 heterocycles. The van der Waals surface area contributed by atoms with Crippen LogP contribution in [0.4, 0.5) is 5.69 Å². The lowest BCUT2D eigenvalue weighted by atomic mass is 10.1.